The lowest BCUT2D eigenvalue weighted by molar-refractivity contribution is -0.136. The zero-order valence-corrected chi connectivity index (χ0v) is 19.2. The Morgan fingerprint density at radius 2 is 1.85 bits per heavy atom. The molecule has 33 heavy (non-hydrogen) atoms. The average Bonchev–Trinajstić information content (AvgIpc) is 2.79. The van der Waals surface area contributed by atoms with Crippen LogP contribution >= 0.6 is 0 Å². The first-order valence-electron chi connectivity index (χ1n) is 11.2. The first kappa shape index (κ1) is 24.0. The number of esters is 1. The van der Waals surface area contributed by atoms with Crippen molar-refractivity contribution in [3.8, 4) is 5.75 Å². The number of hydrogen-bond donors (Lipinski definition) is 1. The van der Waals surface area contributed by atoms with Crippen molar-refractivity contribution in [1.82, 2.24) is 5.32 Å². The monoisotopic (exact) mass is 451 g/mol. The highest BCUT2D eigenvalue weighted by molar-refractivity contribution is 5.91. The van der Waals surface area contributed by atoms with Crippen molar-refractivity contribution in [2.24, 2.45) is 0 Å². The van der Waals surface area contributed by atoms with Crippen LogP contribution in [0.1, 0.15) is 49.8 Å². The number of hydrogen-bond acceptors (Lipinski definition) is 6. The third-order valence-corrected chi connectivity index (χ3v) is 5.26. The minimum absolute atomic E-state index is 0.101. The summed E-state index contributed by atoms with van der Waals surface area (Å²) in [5, 5.41) is 3.21. The summed E-state index contributed by atoms with van der Waals surface area (Å²) in [6, 6.07) is 13.3. The lowest BCUT2D eigenvalue weighted by Gasteiger charge is -2.18. The molecule has 7 heteroatoms. The Bertz CT molecular complexity index is 1170. The number of nitrogens with one attached hydrogen (secondary N) is 1. The molecule has 0 bridgehead atoms. The van der Waals surface area contributed by atoms with Gasteiger partial charge in [-0.15, -0.1) is 0 Å². The fourth-order valence-electron chi connectivity index (χ4n) is 3.57. The third kappa shape index (κ3) is 6.44. The van der Waals surface area contributed by atoms with E-state index in [0.717, 1.165) is 29.5 Å². The largest absolute Gasteiger partial charge is 0.445 e. The highest BCUT2D eigenvalue weighted by Crippen LogP contribution is 2.30. The van der Waals surface area contributed by atoms with E-state index in [1.807, 2.05) is 51.1 Å². The maximum absolute atomic E-state index is 13.1. The second-order valence-electron chi connectivity index (χ2n) is 7.90. The summed E-state index contributed by atoms with van der Waals surface area (Å²) in [4.78, 5) is 37.3. The first-order chi connectivity index (χ1) is 15.9. The highest BCUT2D eigenvalue weighted by Gasteiger charge is 2.25. The number of fused-ring (bicyclic) bond motifs is 1. The van der Waals surface area contributed by atoms with E-state index in [4.69, 9.17) is 13.9 Å². The summed E-state index contributed by atoms with van der Waals surface area (Å²) >= 11 is 0. The van der Waals surface area contributed by atoms with E-state index in [0.29, 0.717) is 29.6 Å². The molecule has 1 atom stereocenters. The Kier molecular flexibility index (Phi) is 8.24. The van der Waals surface area contributed by atoms with Crippen LogP contribution in [-0.4, -0.2) is 18.1 Å². The summed E-state index contributed by atoms with van der Waals surface area (Å²) < 4.78 is 16.3. The molecular formula is C26H29NO6. The van der Waals surface area contributed by atoms with E-state index in [2.05, 4.69) is 5.32 Å². The molecule has 0 aliphatic carbocycles. The maximum Gasteiger partial charge on any atom is 0.408 e. The Morgan fingerprint density at radius 1 is 1.09 bits per heavy atom. The SMILES string of the molecule is CCCC[C@H](NC(=O)OCc1ccccc1)C(=O)Oc1cc(C)cc2oc(=O)cc(CC)c12. The van der Waals surface area contributed by atoms with Crippen molar-refractivity contribution in [2.75, 3.05) is 0 Å². The zero-order valence-electron chi connectivity index (χ0n) is 19.2. The normalized spacial score (nSPS) is 11.7. The molecule has 1 heterocycles. The van der Waals surface area contributed by atoms with Crippen LogP contribution in [0.25, 0.3) is 11.0 Å². The predicted octanol–water partition coefficient (Wildman–Crippen LogP) is 5.05. The topological polar surface area (TPSA) is 94.8 Å². The number of rotatable bonds is 9. The van der Waals surface area contributed by atoms with Crippen LogP contribution in [0.5, 0.6) is 5.75 Å². The molecule has 0 saturated heterocycles. The fraction of sp³-hybridized carbons (Fsp3) is 0.346. The molecule has 0 unspecified atom stereocenters. The van der Waals surface area contributed by atoms with Gasteiger partial charge in [0.05, 0.1) is 5.39 Å². The molecule has 0 aliphatic rings. The van der Waals surface area contributed by atoms with Gasteiger partial charge in [-0.05, 0) is 48.6 Å². The lowest BCUT2D eigenvalue weighted by Crippen LogP contribution is -2.43. The van der Waals surface area contributed by atoms with E-state index in [-0.39, 0.29) is 6.61 Å². The van der Waals surface area contributed by atoms with Crippen LogP contribution in [0.2, 0.25) is 0 Å². The maximum atomic E-state index is 13.1. The van der Waals surface area contributed by atoms with Gasteiger partial charge in [-0.3, -0.25) is 0 Å². The number of carbonyl (C=O) groups excluding carboxylic acids is 2. The summed E-state index contributed by atoms with van der Waals surface area (Å²) in [6.45, 7) is 5.83. The molecule has 3 aromatic rings. The third-order valence-electron chi connectivity index (χ3n) is 5.26. The van der Waals surface area contributed by atoms with Crippen LogP contribution in [0, 0.1) is 6.92 Å². The van der Waals surface area contributed by atoms with Crippen molar-refractivity contribution >= 4 is 23.0 Å². The Labute approximate surface area is 192 Å². The number of unbranched alkanes of at least 4 members (excludes halogenated alkanes) is 1. The Hall–Kier alpha value is -3.61. The van der Waals surface area contributed by atoms with Gasteiger partial charge in [0.2, 0.25) is 0 Å². The quantitative estimate of drug-likeness (QED) is 0.278. The molecule has 174 valence electrons. The van der Waals surface area contributed by atoms with Gasteiger partial charge >= 0.3 is 17.7 Å². The molecule has 3 rings (SSSR count). The Morgan fingerprint density at radius 3 is 2.55 bits per heavy atom. The van der Waals surface area contributed by atoms with Crippen LogP contribution in [0.4, 0.5) is 4.79 Å². The van der Waals surface area contributed by atoms with Crippen LogP contribution in [-0.2, 0) is 22.6 Å². The van der Waals surface area contributed by atoms with E-state index in [1.165, 1.54) is 6.07 Å². The van der Waals surface area contributed by atoms with Gasteiger partial charge in [0.25, 0.3) is 0 Å². The predicted molar refractivity (Wildman–Crippen MR) is 125 cm³/mol. The number of carbonyl (C=O) groups is 2. The average molecular weight is 452 g/mol. The minimum Gasteiger partial charge on any atom is -0.445 e. The molecule has 1 aromatic heterocycles. The Balaban J connectivity index is 1.79. The standard InChI is InChI=1S/C26H29NO6/c1-4-6-12-20(27-26(30)31-16-18-10-8-7-9-11-18)25(29)33-22-14-17(3)13-21-24(22)19(5-2)15-23(28)32-21/h7-11,13-15,20H,4-6,12,16H2,1-3H3,(H,27,30)/t20-/m0/s1. The lowest BCUT2D eigenvalue weighted by atomic mass is 10.0. The van der Waals surface area contributed by atoms with Crippen LogP contribution in [0.15, 0.2) is 57.7 Å². The number of aryl methyl sites for hydroxylation is 2. The van der Waals surface area contributed by atoms with Crippen LogP contribution < -0.4 is 15.7 Å². The second-order valence-corrected chi connectivity index (χ2v) is 7.90. The molecule has 0 radical (unpaired) electrons. The summed E-state index contributed by atoms with van der Waals surface area (Å²) in [7, 11) is 0. The molecule has 0 saturated carbocycles. The van der Waals surface area contributed by atoms with Crippen molar-refractivity contribution in [1.29, 1.82) is 0 Å². The van der Waals surface area contributed by atoms with E-state index >= 15 is 0 Å². The molecule has 1 amide bonds. The molecule has 0 spiro atoms. The van der Waals surface area contributed by atoms with Crippen molar-refractivity contribution in [3.05, 3.63) is 75.6 Å². The van der Waals surface area contributed by atoms with Gasteiger partial charge in [0.15, 0.2) is 0 Å². The van der Waals surface area contributed by atoms with E-state index < -0.39 is 23.7 Å². The smallest absolute Gasteiger partial charge is 0.408 e. The summed E-state index contributed by atoms with van der Waals surface area (Å²) in [6.07, 6.45) is 1.87. The van der Waals surface area contributed by atoms with Gasteiger partial charge < -0.3 is 19.2 Å². The van der Waals surface area contributed by atoms with Crippen molar-refractivity contribution in [2.45, 2.75) is 59.1 Å². The van der Waals surface area contributed by atoms with Gasteiger partial charge in [-0.25, -0.2) is 14.4 Å². The second kappa shape index (κ2) is 11.3. The molecule has 2 aromatic carbocycles. The van der Waals surface area contributed by atoms with E-state index in [1.54, 1.807) is 12.1 Å². The molecule has 1 N–H and O–H groups in total. The van der Waals surface area contributed by atoms with Gasteiger partial charge in [-0.2, -0.15) is 0 Å². The number of ether oxygens (including phenoxy) is 2. The summed E-state index contributed by atoms with van der Waals surface area (Å²) in [5.41, 5.74) is 2.26. The molecule has 0 fully saturated rings. The molecular weight excluding hydrogens is 422 g/mol. The molecule has 7 nitrogen and oxygen atoms in total. The number of benzene rings is 2. The van der Waals surface area contributed by atoms with Gasteiger partial charge in [-0.1, -0.05) is 57.0 Å². The first-order valence-corrected chi connectivity index (χ1v) is 11.2. The highest BCUT2D eigenvalue weighted by atomic mass is 16.6. The number of alkyl carbamates (subject to hydrolysis) is 1. The molecule has 0 aliphatic heterocycles. The van der Waals surface area contributed by atoms with Gasteiger partial charge in [0.1, 0.15) is 24.0 Å². The minimum atomic E-state index is -0.871. The van der Waals surface area contributed by atoms with Crippen molar-refractivity contribution < 1.29 is 23.5 Å². The van der Waals surface area contributed by atoms with Crippen molar-refractivity contribution in [3.63, 3.8) is 0 Å². The summed E-state index contributed by atoms with van der Waals surface area (Å²) in [5.74, 6) is -0.295. The van der Waals surface area contributed by atoms with Crippen LogP contribution in [0.3, 0.4) is 0 Å². The van der Waals surface area contributed by atoms with E-state index in [9.17, 15) is 14.4 Å². The zero-order chi connectivity index (χ0) is 23.8. The van der Waals surface area contributed by atoms with Gasteiger partial charge in [0, 0.05) is 6.07 Å². The fourth-order valence-corrected chi connectivity index (χ4v) is 3.57. The number of amides is 1.